The average molecular weight is 492 g/mol. The summed E-state index contributed by atoms with van der Waals surface area (Å²) < 4.78 is 38.9. The topological polar surface area (TPSA) is 109 Å². The zero-order valence-electron chi connectivity index (χ0n) is 19.8. The Morgan fingerprint density at radius 2 is 1.59 bits per heavy atom. The van der Waals surface area contributed by atoms with Crippen LogP contribution in [0.2, 0.25) is 0 Å². The SMILES string of the molecule is CCOC(=O)CC(=O)Nc1cc(CS(=O)/C=C/c2c(OC)cc(OC)cc2OC)ccc1OC. The Labute approximate surface area is 201 Å². The fourth-order valence-electron chi connectivity index (χ4n) is 3.03. The lowest BCUT2D eigenvalue weighted by atomic mass is 10.1. The second-order valence-electron chi connectivity index (χ2n) is 6.84. The van der Waals surface area contributed by atoms with Gasteiger partial charge in [0.25, 0.3) is 0 Å². The summed E-state index contributed by atoms with van der Waals surface area (Å²) in [7, 11) is 4.67. The Morgan fingerprint density at radius 1 is 0.941 bits per heavy atom. The van der Waals surface area contributed by atoms with E-state index in [1.165, 1.54) is 26.7 Å². The van der Waals surface area contributed by atoms with Gasteiger partial charge in [0.15, 0.2) is 0 Å². The molecule has 184 valence electrons. The average Bonchev–Trinajstić information content (AvgIpc) is 2.82. The van der Waals surface area contributed by atoms with E-state index in [2.05, 4.69) is 5.32 Å². The van der Waals surface area contributed by atoms with Crippen molar-refractivity contribution in [3.8, 4) is 23.0 Å². The van der Waals surface area contributed by atoms with E-state index in [0.29, 0.717) is 39.8 Å². The zero-order chi connectivity index (χ0) is 25.1. The number of hydrogen-bond acceptors (Lipinski definition) is 8. The van der Waals surface area contributed by atoms with Crippen LogP contribution in [0.3, 0.4) is 0 Å². The van der Waals surface area contributed by atoms with Crippen molar-refractivity contribution in [3.63, 3.8) is 0 Å². The second-order valence-corrected chi connectivity index (χ2v) is 8.16. The van der Waals surface area contributed by atoms with Crippen LogP contribution in [-0.4, -0.2) is 51.1 Å². The van der Waals surface area contributed by atoms with Gasteiger partial charge < -0.3 is 29.0 Å². The van der Waals surface area contributed by atoms with Gasteiger partial charge in [0.1, 0.15) is 29.4 Å². The van der Waals surface area contributed by atoms with Gasteiger partial charge in [-0.05, 0) is 30.7 Å². The van der Waals surface area contributed by atoms with Gasteiger partial charge >= 0.3 is 5.97 Å². The standard InChI is InChI=1S/C24H29NO8S/c1-6-33-24(27)14-23(26)25-19-11-16(7-8-20(19)30-3)15-34(28)10-9-18-21(31-4)12-17(29-2)13-22(18)32-5/h7-13H,6,14-15H2,1-5H3,(H,25,26)/b10-9+. The molecule has 0 saturated carbocycles. The molecule has 0 heterocycles. The molecule has 0 fully saturated rings. The number of methoxy groups -OCH3 is 4. The lowest BCUT2D eigenvalue weighted by Crippen LogP contribution is -2.18. The van der Waals surface area contributed by atoms with Gasteiger partial charge in [-0.15, -0.1) is 0 Å². The Hall–Kier alpha value is -3.53. The summed E-state index contributed by atoms with van der Waals surface area (Å²) in [5.74, 6) is 1.04. The van der Waals surface area contributed by atoms with Crippen LogP contribution in [0, 0.1) is 0 Å². The number of carbonyl (C=O) groups is 2. The van der Waals surface area contributed by atoms with Crippen molar-refractivity contribution in [3.05, 3.63) is 46.9 Å². The lowest BCUT2D eigenvalue weighted by Gasteiger charge is -2.13. The van der Waals surface area contributed by atoms with E-state index in [1.807, 2.05) is 0 Å². The van der Waals surface area contributed by atoms with Crippen LogP contribution in [0.25, 0.3) is 6.08 Å². The number of carbonyl (C=O) groups excluding carboxylic acids is 2. The van der Waals surface area contributed by atoms with Crippen LogP contribution in [0.4, 0.5) is 5.69 Å². The highest BCUT2D eigenvalue weighted by Crippen LogP contribution is 2.35. The second kappa shape index (κ2) is 13.2. The molecule has 1 unspecified atom stereocenters. The van der Waals surface area contributed by atoms with Gasteiger partial charge in [-0.3, -0.25) is 13.8 Å². The molecule has 34 heavy (non-hydrogen) atoms. The molecule has 0 bridgehead atoms. The summed E-state index contributed by atoms with van der Waals surface area (Å²) in [5, 5.41) is 4.17. The van der Waals surface area contributed by atoms with Gasteiger partial charge in [-0.2, -0.15) is 0 Å². The molecular weight excluding hydrogens is 462 g/mol. The Morgan fingerprint density at radius 3 is 2.15 bits per heavy atom. The number of rotatable bonds is 12. The van der Waals surface area contributed by atoms with Crippen molar-refractivity contribution in [1.82, 2.24) is 0 Å². The minimum Gasteiger partial charge on any atom is -0.496 e. The van der Waals surface area contributed by atoms with Gasteiger partial charge in [-0.1, -0.05) is 6.07 Å². The highest BCUT2D eigenvalue weighted by molar-refractivity contribution is 7.87. The first-order valence-electron chi connectivity index (χ1n) is 10.3. The molecule has 10 heteroatoms. The summed E-state index contributed by atoms with van der Waals surface area (Å²) in [6.07, 6.45) is 1.25. The largest absolute Gasteiger partial charge is 0.496 e. The maximum atomic E-state index is 12.8. The number of esters is 1. The van der Waals surface area contributed by atoms with Crippen LogP contribution in [0.5, 0.6) is 23.0 Å². The molecule has 0 radical (unpaired) electrons. The van der Waals surface area contributed by atoms with Crippen LogP contribution < -0.4 is 24.3 Å². The van der Waals surface area contributed by atoms with Gasteiger partial charge in [0, 0.05) is 17.5 Å². The molecule has 0 aliphatic heterocycles. The van der Waals surface area contributed by atoms with E-state index < -0.39 is 29.1 Å². The predicted octanol–water partition coefficient (Wildman–Crippen LogP) is 3.53. The molecule has 2 aromatic carbocycles. The van der Waals surface area contributed by atoms with Gasteiger partial charge in [0.2, 0.25) is 5.91 Å². The predicted molar refractivity (Wildman–Crippen MR) is 130 cm³/mol. The van der Waals surface area contributed by atoms with E-state index in [9.17, 15) is 13.8 Å². The quantitative estimate of drug-likeness (QED) is 0.355. The third-order valence-corrected chi connectivity index (χ3v) is 5.65. The number of ether oxygens (including phenoxy) is 5. The molecule has 0 aromatic heterocycles. The molecule has 1 amide bonds. The molecular formula is C24H29NO8S. The summed E-state index contributed by atoms with van der Waals surface area (Å²) in [6, 6.07) is 8.48. The van der Waals surface area contributed by atoms with Crippen molar-refractivity contribution in [2.24, 2.45) is 0 Å². The molecule has 9 nitrogen and oxygen atoms in total. The molecule has 0 aliphatic carbocycles. The summed E-state index contributed by atoms with van der Waals surface area (Å²) in [6.45, 7) is 1.86. The number of anilines is 1. The van der Waals surface area contributed by atoms with Crippen LogP contribution in [-0.2, 0) is 30.9 Å². The van der Waals surface area contributed by atoms with Crippen molar-refractivity contribution in [2.75, 3.05) is 40.4 Å². The first-order chi connectivity index (χ1) is 16.3. The number of hydrogen-bond donors (Lipinski definition) is 1. The van der Waals surface area contributed by atoms with Crippen molar-refractivity contribution in [2.45, 2.75) is 19.1 Å². The highest BCUT2D eigenvalue weighted by atomic mass is 32.2. The molecule has 0 spiro atoms. The molecule has 2 rings (SSSR count). The normalized spacial score (nSPS) is 11.6. The molecule has 1 N–H and O–H groups in total. The highest BCUT2D eigenvalue weighted by Gasteiger charge is 2.14. The Kier molecular flexibility index (Phi) is 10.4. The van der Waals surface area contributed by atoms with E-state index in [1.54, 1.807) is 50.4 Å². The van der Waals surface area contributed by atoms with Crippen LogP contribution in [0.1, 0.15) is 24.5 Å². The Balaban J connectivity index is 2.17. The fraction of sp³-hybridized carbons (Fsp3) is 0.333. The maximum Gasteiger partial charge on any atom is 0.315 e. The minimum atomic E-state index is -1.39. The first-order valence-corrected chi connectivity index (χ1v) is 11.7. The maximum absolute atomic E-state index is 12.8. The molecule has 2 aromatic rings. The minimum absolute atomic E-state index is 0.183. The third kappa shape index (κ3) is 7.51. The summed E-state index contributed by atoms with van der Waals surface area (Å²) in [4.78, 5) is 23.7. The number of amides is 1. The first kappa shape index (κ1) is 26.7. The summed E-state index contributed by atoms with van der Waals surface area (Å²) in [5.41, 5.74) is 1.69. The summed E-state index contributed by atoms with van der Waals surface area (Å²) >= 11 is 0. The van der Waals surface area contributed by atoms with Crippen molar-refractivity contribution < 1.29 is 37.5 Å². The van der Waals surface area contributed by atoms with Gasteiger partial charge in [0.05, 0.1) is 62.8 Å². The van der Waals surface area contributed by atoms with E-state index in [0.717, 1.165) is 0 Å². The van der Waals surface area contributed by atoms with Crippen molar-refractivity contribution >= 4 is 34.4 Å². The van der Waals surface area contributed by atoms with E-state index >= 15 is 0 Å². The molecule has 0 aliphatic rings. The van der Waals surface area contributed by atoms with Gasteiger partial charge in [-0.25, -0.2) is 0 Å². The lowest BCUT2D eigenvalue weighted by molar-refractivity contribution is -0.145. The van der Waals surface area contributed by atoms with Crippen LogP contribution in [0.15, 0.2) is 35.7 Å². The molecule has 0 saturated heterocycles. The smallest absolute Gasteiger partial charge is 0.315 e. The molecule has 1 atom stereocenters. The van der Waals surface area contributed by atoms with E-state index in [4.69, 9.17) is 23.7 Å². The Bertz CT molecular complexity index is 1040. The third-order valence-electron chi connectivity index (χ3n) is 4.60. The fourth-order valence-corrected chi connectivity index (χ4v) is 3.93. The number of benzene rings is 2. The monoisotopic (exact) mass is 491 g/mol. The van der Waals surface area contributed by atoms with Crippen molar-refractivity contribution in [1.29, 1.82) is 0 Å². The van der Waals surface area contributed by atoms with E-state index in [-0.39, 0.29) is 12.4 Å². The van der Waals surface area contributed by atoms with Crippen LogP contribution >= 0.6 is 0 Å². The number of nitrogens with one attached hydrogen (secondary N) is 1. The zero-order valence-corrected chi connectivity index (χ0v) is 20.7.